The predicted octanol–water partition coefficient (Wildman–Crippen LogP) is 1.14. The van der Waals surface area contributed by atoms with Crippen molar-refractivity contribution in [2.45, 2.75) is 67.5 Å². The number of likely N-dealkylation sites (N-methyl/N-ethyl adjacent to an activating group) is 1. The van der Waals surface area contributed by atoms with Crippen LogP contribution >= 0.6 is 0 Å². The highest BCUT2D eigenvalue weighted by Crippen LogP contribution is 2.65. The Morgan fingerprint density at radius 2 is 1.91 bits per heavy atom. The van der Waals surface area contributed by atoms with E-state index in [0.29, 0.717) is 36.4 Å². The summed E-state index contributed by atoms with van der Waals surface area (Å²) in [6, 6.07) is 12.0. The Balaban J connectivity index is 1.23. The molecule has 1 fully saturated rings. The number of ether oxygens (including phenoxy) is 4. The number of aliphatic hydroxyl groups excluding tert-OH is 1. The van der Waals surface area contributed by atoms with Crippen LogP contribution in [0.3, 0.4) is 0 Å². The molecule has 46 heavy (non-hydrogen) atoms. The van der Waals surface area contributed by atoms with E-state index in [2.05, 4.69) is 10.2 Å². The van der Waals surface area contributed by atoms with Gasteiger partial charge >= 0.3 is 17.9 Å². The van der Waals surface area contributed by atoms with E-state index >= 15 is 0 Å². The Labute approximate surface area is 264 Å². The van der Waals surface area contributed by atoms with Gasteiger partial charge in [-0.15, -0.1) is 0 Å². The number of benzene rings is 2. The summed E-state index contributed by atoms with van der Waals surface area (Å²) >= 11 is 0. The molecule has 244 valence electrons. The molecule has 13 nitrogen and oxygen atoms in total. The molecular weight excluding hydrogens is 600 g/mol. The second-order valence-corrected chi connectivity index (χ2v) is 12.1. The molecule has 1 saturated heterocycles. The quantitative estimate of drug-likeness (QED) is 0.259. The van der Waals surface area contributed by atoms with Crippen LogP contribution in [-0.2, 0) is 40.5 Å². The van der Waals surface area contributed by atoms with Crippen molar-refractivity contribution in [1.82, 2.24) is 10.2 Å². The minimum absolute atomic E-state index is 0.182. The number of methoxy groups -OCH3 is 1. The molecule has 2 unspecified atom stereocenters. The molecule has 2 aromatic rings. The van der Waals surface area contributed by atoms with Gasteiger partial charge in [0.05, 0.1) is 31.0 Å². The molecule has 1 spiro atoms. The van der Waals surface area contributed by atoms with E-state index in [1.807, 2.05) is 19.2 Å². The molecule has 2 aromatic carbocycles. The molecule has 2 aliphatic heterocycles. The van der Waals surface area contributed by atoms with Gasteiger partial charge in [-0.3, -0.25) is 9.59 Å². The number of carboxylic acid groups (broad SMARTS) is 1. The van der Waals surface area contributed by atoms with E-state index in [4.69, 9.17) is 24.1 Å². The van der Waals surface area contributed by atoms with Gasteiger partial charge in [-0.2, -0.15) is 0 Å². The maximum absolute atomic E-state index is 13.8. The number of hydrogen-bond acceptors (Lipinski definition) is 11. The summed E-state index contributed by atoms with van der Waals surface area (Å²) in [5.41, 5.74) is 0.206. The first kappa shape index (κ1) is 31.5. The molecule has 2 aliphatic carbocycles. The lowest BCUT2D eigenvalue weighted by Gasteiger charge is -2.61. The van der Waals surface area contributed by atoms with Crippen molar-refractivity contribution < 1.29 is 53.4 Å². The van der Waals surface area contributed by atoms with Gasteiger partial charge < -0.3 is 44.5 Å². The molecule has 2 heterocycles. The van der Waals surface area contributed by atoms with Gasteiger partial charge in [0.25, 0.3) is 0 Å². The first-order valence-corrected chi connectivity index (χ1v) is 15.1. The van der Waals surface area contributed by atoms with Crippen LogP contribution in [0.15, 0.2) is 54.3 Å². The Kier molecular flexibility index (Phi) is 8.25. The highest BCUT2D eigenvalue weighted by Gasteiger charge is 2.72. The van der Waals surface area contributed by atoms with Crippen molar-refractivity contribution in [3.05, 3.63) is 71.0 Å². The van der Waals surface area contributed by atoms with Crippen LogP contribution in [-0.4, -0.2) is 95.1 Å². The summed E-state index contributed by atoms with van der Waals surface area (Å²) < 4.78 is 23.8. The third-order valence-electron chi connectivity index (χ3n) is 9.66. The van der Waals surface area contributed by atoms with Crippen LogP contribution in [0.2, 0.25) is 0 Å². The Morgan fingerprint density at radius 1 is 1.15 bits per heavy atom. The van der Waals surface area contributed by atoms with E-state index in [9.17, 15) is 29.4 Å². The van der Waals surface area contributed by atoms with E-state index in [-0.39, 0.29) is 31.2 Å². The number of amides is 1. The molecule has 1 amide bonds. The number of aliphatic carboxylic acids is 1. The van der Waals surface area contributed by atoms with E-state index in [1.165, 1.54) is 0 Å². The maximum Gasteiger partial charge on any atom is 0.357 e. The van der Waals surface area contributed by atoms with Gasteiger partial charge in [-0.05, 0) is 44.1 Å². The molecule has 13 heteroatoms. The molecule has 4 N–H and O–H groups in total. The molecule has 6 rings (SSSR count). The summed E-state index contributed by atoms with van der Waals surface area (Å²) in [4.78, 5) is 51.5. The van der Waals surface area contributed by atoms with Crippen molar-refractivity contribution in [3.8, 4) is 11.5 Å². The second kappa shape index (κ2) is 12.0. The number of carbonyl (C=O) groups is 4. The van der Waals surface area contributed by atoms with E-state index in [1.54, 1.807) is 43.5 Å². The molecule has 6 atom stereocenters. The lowest BCUT2D eigenvalue weighted by molar-refractivity contribution is -0.176. The van der Waals surface area contributed by atoms with Crippen molar-refractivity contribution in [2.75, 3.05) is 27.2 Å². The lowest BCUT2D eigenvalue weighted by atomic mass is 9.50. The van der Waals surface area contributed by atoms with Crippen LogP contribution in [0.25, 0.3) is 0 Å². The number of esters is 2. The lowest BCUT2D eigenvalue weighted by Crippen LogP contribution is -2.74. The maximum atomic E-state index is 13.8. The van der Waals surface area contributed by atoms with Crippen molar-refractivity contribution in [3.63, 3.8) is 0 Å². The van der Waals surface area contributed by atoms with Gasteiger partial charge in [-0.1, -0.05) is 36.4 Å². The number of hydrogen-bond donors (Lipinski definition) is 4. The highest BCUT2D eigenvalue weighted by molar-refractivity contribution is 5.84. The predicted molar refractivity (Wildman–Crippen MR) is 159 cm³/mol. The van der Waals surface area contributed by atoms with Crippen LogP contribution in [0.4, 0.5) is 0 Å². The molecule has 0 radical (unpaired) electrons. The number of carbonyl (C=O) groups excluding carboxylic acids is 3. The minimum Gasteiger partial charge on any atom is -0.493 e. The monoisotopic (exact) mass is 636 g/mol. The van der Waals surface area contributed by atoms with Crippen molar-refractivity contribution >= 4 is 23.8 Å². The zero-order valence-electron chi connectivity index (χ0n) is 25.4. The Morgan fingerprint density at radius 3 is 2.63 bits per heavy atom. The fraction of sp³-hybridized carbons (Fsp3) is 0.455. The van der Waals surface area contributed by atoms with E-state index < -0.39 is 59.6 Å². The summed E-state index contributed by atoms with van der Waals surface area (Å²) in [7, 11) is 3.55. The van der Waals surface area contributed by atoms with Gasteiger partial charge in [0, 0.05) is 30.1 Å². The topological polar surface area (TPSA) is 181 Å². The third-order valence-corrected chi connectivity index (χ3v) is 9.66. The number of rotatable bonds is 11. The standard InChI is InChI=1S/C33H36N2O11/c1-35-15-13-32-26-19-8-9-21(43-2)28(26)46-29(32)22(10-12-33(32,42)23(35)16-19)44-31(41)27(18-6-4-3-5-7-18)45-25(38)11-14-34-24(37)17-20(36)30(39)40/h3-10,20,23,27,29,36,42H,11-17H2,1-2H3,(H,34,37)(H,39,40)/t20?,23-,27?,29+,32+,33-/m1/s1. The summed E-state index contributed by atoms with van der Waals surface area (Å²) in [6.07, 6.45) is -2.08. The second-order valence-electron chi connectivity index (χ2n) is 12.1. The van der Waals surface area contributed by atoms with Crippen LogP contribution < -0.4 is 14.8 Å². The zero-order chi connectivity index (χ0) is 32.8. The first-order chi connectivity index (χ1) is 22.0. The first-order valence-electron chi connectivity index (χ1n) is 15.1. The molecule has 4 aliphatic rings. The zero-order valence-corrected chi connectivity index (χ0v) is 25.4. The largest absolute Gasteiger partial charge is 0.493 e. The van der Waals surface area contributed by atoms with E-state index in [0.717, 1.165) is 11.1 Å². The number of aliphatic hydroxyl groups is 2. The smallest absolute Gasteiger partial charge is 0.357 e. The van der Waals surface area contributed by atoms with Crippen LogP contribution in [0, 0.1) is 0 Å². The van der Waals surface area contributed by atoms with Gasteiger partial charge in [-0.25, -0.2) is 9.59 Å². The van der Waals surface area contributed by atoms with Crippen molar-refractivity contribution in [2.24, 2.45) is 0 Å². The van der Waals surface area contributed by atoms with Gasteiger partial charge in [0.2, 0.25) is 12.0 Å². The fourth-order valence-corrected chi connectivity index (χ4v) is 7.47. The minimum atomic E-state index is -1.87. The average Bonchev–Trinajstić information content (AvgIpc) is 3.39. The highest BCUT2D eigenvalue weighted by atomic mass is 16.6. The Bertz CT molecular complexity index is 1590. The number of piperidine rings is 1. The van der Waals surface area contributed by atoms with Crippen molar-refractivity contribution in [1.29, 1.82) is 0 Å². The summed E-state index contributed by atoms with van der Waals surface area (Å²) in [5, 5.41) is 32.9. The Hall–Kier alpha value is -4.46. The summed E-state index contributed by atoms with van der Waals surface area (Å²) in [5.74, 6) is -2.73. The van der Waals surface area contributed by atoms with Crippen LogP contribution in [0.1, 0.15) is 48.5 Å². The van der Waals surface area contributed by atoms with Crippen LogP contribution in [0.5, 0.6) is 11.5 Å². The number of carboxylic acids is 1. The molecule has 2 bridgehead atoms. The average molecular weight is 637 g/mol. The number of nitrogens with one attached hydrogen (secondary N) is 1. The fourth-order valence-electron chi connectivity index (χ4n) is 7.47. The molecular formula is C33H36N2O11. The number of likely N-dealkylation sites (tertiary alicyclic amines) is 1. The van der Waals surface area contributed by atoms with Gasteiger partial charge in [0.15, 0.2) is 23.7 Å². The number of nitrogens with zero attached hydrogens (tertiary/aromatic N) is 1. The third kappa shape index (κ3) is 5.08. The summed E-state index contributed by atoms with van der Waals surface area (Å²) in [6.45, 7) is 0.487. The normalized spacial score (nSPS) is 26.8. The van der Waals surface area contributed by atoms with Gasteiger partial charge in [0.1, 0.15) is 5.76 Å². The SMILES string of the molecule is COc1ccc2c3c1O[C@H]1C(OC(=O)C(OC(=O)CCNC(=O)CC(O)C(=O)O)c4ccccc4)=CC[C@@]4(O)[C@@H](C2)N(C)CC[C@]314. The molecule has 0 aromatic heterocycles. The molecule has 0 saturated carbocycles.